The summed E-state index contributed by atoms with van der Waals surface area (Å²) in [4.78, 5) is 1.98. The van der Waals surface area contributed by atoms with Crippen LogP contribution in [0.3, 0.4) is 0 Å². The number of hydrogen-bond donors (Lipinski definition) is 3. The van der Waals surface area contributed by atoms with Crippen LogP contribution in [0, 0.1) is 0 Å². The second-order valence-electron chi connectivity index (χ2n) is 2.51. The summed E-state index contributed by atoms with van der Waals surface area (Å²) >= 11 is 0. The Labute approximate surface area is 61.0 Å². The Balaban J connectivity index is 2.14. The highest BCUT2D eigenvalue weighted by Crippen LogP contribution is 1.99. The first-order valence-corrected chi connectivity index (χ1v) is 3.70. The molecule has 1 atom stereocenters. The van der Waals surface area contributed by atoms with Gasteiger partial charge in [-0.2, -0.15) is 0 Å². The summed E-state index contributed by atoms with van der Waals surface area (Å²) in [7, 11) is 0. The van der Waals surface area contributed by atoms with E-state index in [2.05, 4.69) is 5.32 Å². The molecule has 1 aliphatic rings. The van der Waals surface area contributed by atoms with Crippen molar-refractivity contribution in [1.82, 2.24) is 10.2 Å². The van der Waals surface area contributed by atoms with E-state index in [1.165, 1.54) is 0 Å². The van der Waals surface area contributed by atoms with Crippen LogP contribution in [0.25, 0.3) is 0 Å². The topological polar surface area (TPSA) is 61.5 Å². The quantitative estimate of drug-likeness (QED) is 0.453. The summed E-state index contributed by atoms with van der Waals surface area (Å²) in [5.74, 6) is 0. The number of nitrogens with two attached hydrogens (primary N) is 1. The van der Waals surface area contributed by atoms with Crippen molar-refractivity contribution in [2.45, 2.75) is 12.8 Å². The molecule has 10 heavy (non-hydrogen) atoms. The lowest BCUT2D eigenvalue weighted by Crippen LogP contribution is -2.36. The third-order valence-electron chi connectivity index (χ3n) is 1.72. The van der Waals surface area contributed by atoms with Crippen LogP contribution < -0.4 is 11.1 Å². The minimum atomic E-state index is -0.438. The number of hydrogen-bond acceptors (Lipinski definition) is 4. The number of nitrogens with one attached hydrogen (secondary N) is 1. The van der Waals surface area contributed by atoms with Crippen LogP contribution in [0.5, 0.6) is 0 Å². The van der Waals surface area contributed by atoms with E-state index in [1.807, 2.05) is 4.90 Å². The van der Waals surface area contributed by atoms with E-state index in [4.69, 9.17) is 5.73 Å². The first-order valence-electron chi connectivity index (χ1n) is 3.70. The van der Waals surface area contributed by atoms with Crippen LogP contribution in [0.2, 0.25) is 0 Å². The lowest BCUT2D eigenvalue weighted by atomic mass is 10.4. The van der Waals surface area contributed by atoms with Crippen LogP contribution in [0.4, 0.5) is 0 Å². The van der Waals surface area contributed by atoms with Crippen LogP contribution >= 0.6 is 0 Å². The van der Waals surface area contributed by atoms with Crippen LogP contribution in [-0.2, 0) is 0 Å². The van der Waals surface area contributed by atoms with Gasteiger partial charge in [-0.15, -0.1) is 0 Å². The van der Waals surface area contributed by atoms with E-state index >= 15 is 0 Å². The highest BCUT2D eigenvalue weighted by atomic mass is 16.3. The van der Waals surface area contributed by atoms with Gasteiger partial charge in [-0.1, -0.05) is 0 Å². The van der Waals surface area contributed by atoms with Gasteiger partial charge in [0.15, 0.2) is 6.35 Å². The molecule has 0 saturated carbocycles. The van der Waals surface area contributed by atoms with Gasteiger partial charge in [0, 0.05) is 19.6 Å². The molecule has 4 nitrogen and oxygen atoms in total. The predicted molar refractivity (Wildman–Crippen MR) is 39.3 cm³/mol. The Kier molecular flexibility index (Phi) is 3.08. The zero-order chi connectivity index (χ0) is 7.40. The van der Waals surface area contributed by atoms with Crippen molar-refractivity contribution in [3.63, 3.8) is 0 Å². The first kappa shape index (κ1) is 7.94. The smallest absolute Gasteiger partial charge is 0.163 e. The molecule has 0 spiro atoms. The molecule has 0 aliphatic carbocycles. The Bertz CT molecular complexity index is 99.0. The fourth-order valence-corrected chi connectivity index (χ4v) is 1.12. The van der Waals surface area contributed by atoms with Crippen molar-refractivity contribution >= 4 is 0 Å². The average molecular weight is 145 g/mol. The maximum Gasteiger partial charge on any atom is 0.163 e. The molecule has 0 aromatic heterocycles. The van der Waals surface area contributed by atoms with Crippen molar-refractivity contribution in [3.05, 3.63) is 0 Å². The van der Waals surface area contributed by atoms with Crippen molar-refractivity contribution in [2.75, 3.05) is 26.2 Å². The Morgan fingerprint density at radius 1 is 1.70 bits per heavy atom. The molecular weight excluding hydrogens is 130 g/mol. The van der Waals surface area contributed by atoms with Gasteiger partial charge in [0.05, 0.1) is 0 Å². The van der Waals surface area contributed by atoms with Gasteiger partial charge in [0.25, 0.3) is 0 Å². The largest absolute Gasteiger partial charge is 0.365 e. The molecule has 0 bridgehead atoms. The molecule has 1 heterocycles. The molecule has 1 fully saturated rings. The summed E-state index contributed by atoms with van der Waals surface area (Å²) < 4.78 is 0. The second-order valence-corrected chi connectivity index (χ2v) is 2.51. The summed E-state index contributed by atoms with van der Waals surface area (Å²) in [5.41, 5.74) is 5.32. The molecule has 0 aromatic rings. The lowest BCUT2D eigenvalue weighted by Gasteiger charge is -2.17. The van der Waals surface area contributed by atoms with Gasteiger partial charge >= 0.3 is 0 Å². The molecule has 4 heteroatoms. The standard InChI is InChI=1S/C6H15N3O/c7-2-1-4-9-5-3-8-6(9)10/h6,8,10H,1-5,7H2. The van der Waals surface area contributed by atoms with E-state index in [1.54, 1.807) is 0 Å². The third-order valence-corrected chi connectivity index (χ3v) is 1.72. The van der Waals surface area contributed by atoms with E-state index in [0.717, 1.165) is 26.1 Å². The third kappa shape index (κ3) is 1.91. The van der Waals surface area contributed by atoms with Gasteiger partial charge in [0.1, 0.15) is 0 Å². The number of aliphatic hydroxyl groups excluding tert-OH is 1. The number of aliphatic hydroxyl groups is 1. The monoisotopic (exact) mass is 145 g/mol. The van der Waals surface area contributed by atoms with Gasteiger partial charge in [-0.3, -0.25) is 10.2 Å². The molecule has 1 rings (SSSR count). The predicted octanol–water partition coefficient (Wildman–Crippen LogP) is -1.48. The molecule has 0 amide bonds. The zero-order valence-corrected chi connectivity index (χ0v) is 6.08. The fourth-order valence-electron chi connectivity index (χ4n) is 1.12. The normalized spacial score (nSPS) is 27.6. The lowest BCUT2D eigenvalue weighted by molar-refractivity contribution is 0.0220. The molecule has 1 saturated heterocycles. The Morgan fingerprint density at radius 3 is 3.00 bits per heavy atom. The molecular formula is C6H15N3O. The fraction of sp³-hybridized carbons (Fsp3) is 1.00. The summed E-state index contributed by atoms with van der Waals surface area (Å²) in [6.45, 7) is 3.40. The first-order chi connectivity index (χ1) is 4.84. The minimum absolute atomic E-state index is 0.438. The highest BCUT2D eigenvalue weighted by molar-refractivity contribution is 4.69. The van der Waals surface area contributed by atoms with E-state index < -0.39 is 6.35 Å². The van der Waals surface area contributed by atoms with Crippen molar-refractivity contribution < 1.29 is 5.11 Å². The average Bonchev–Trinajstić information content (AvgIpc) is 2.31. The summed E-state index contributed by atoms with van der Waals surface area (Å²) in [5, 5.41) is 12.1. The summed E-state index contributed by atoms with van der Waals surface area (Å²) in [6, 6.07) is 0. The molecule has 1 unspecified atom stereocenters. The number of nitrogens with zero attached hydrogens (tertiary/aromatic N) is 1. The molecule has 60 valence electrons. The van der Waals surface area contributed by atoms with E-state index in [-0.39, 0.29) is 0 Å². The van der Waals surface area contributed by atoms with Crippen LogP contribution in [0.15, 0.2) is 0 Å². The Hall–Kier alpha value is -0.160. The van der Waals surface area contributed by atoms with Crippen LogP contribution in [-0.4, -0.2) is 42.5 Å². The summed E-state index contributed by atoms with van der Waals surface area (Å²) in [6.07, 6.45) is 0.519. The molecule has 4 N–H and O–H groups in total. The van der Waals surface area contributed by atoms with Gasteiger partial charge in [-0.25, -0.2) is 0 Å². The van der Waals surface area contributed by atoms with Crippen molar-refractivity contribution in [3.8, 4) is 0 Å². The maximum atomic E-state index is 9.19. The number of rotatable bonds is 3. The molecule has 1 aliphatic heterocycles. The van der Waals surface area contributed by atoms with Gasteiger partial charge in [0.2, 0.25) is 0 Å². The van der Waals surface area contributed by atoms with Crippen LogP contribution in [0.1, 0.15) is 6.42 Å². The maximum absolute atomic E-state index is 9.19. The molecule has 0 radical (unpaired) electrons. The highest BCUT2D eigenvalue weighted by Gasteiger charge is 2.19. The van der Waals surface area contributed by atoms with Crippen molar-refractivity contribution in [2.24, 2.45) is 5.73 Å². The van der Waals surface area contributed by atoms with E-state index in [9.17, 15) is 5.11 Å². The second kappa shape index (κ2) is 3.88. The zero-order valence-electron chi connectivity index (χ0n) is 6.08. The Morgan fingerprint density at radius 2 is 2.50 bits per heavy atom. The van der Waals surface area contributed by atoms with Crippen molar-refractivity contribution in [1.29, 1.82) is 0 Å². The van der Waals surface area contributed by atoms with Gasteiger partial charge in [-0.05, 0) is 13.0 Å². The van der Waals surface area contributed by atoms with Gasteiger partial charge < -0.3 is 10.8 Å². The molecule has 0 aromatic carbocycles. The minimum Gasteiger partial charge on any atom is -0.365 e. The van der Waals surface area contributed by atoms with E-state index in [0.29, 0.717) is 6.54 Å². The SMILES string of the molecule is NCCCN1CCNC1O.